The topological polar surface area (TPSA) is 70.9 Å². The fourth-order valence-corrected chi connectivity index (χ4v) is 1.69. The van der Waals surface area contributed by atoms with Crippen molar-refractivity contribution in [3.8, 4) is 0 Å². The Morgan fingerprint density at radius 1 is 1.50 bits per heavy atom. The molecule has 0 aliphatic rings. The summed E-state index contributed by atoms with van der Waals surface area (Å²) < 4.78 is 0. The zero-order valence-electron chi connectivity index (χ0n) is 9.16. The first-order valence-electron chi connectivity index (χ1n) is 5.28. The molecule has 4 N–H and O–H groups in total. The zero-order valence-corrected chi connectivity index (χ0v) is 9.16. The van der Waals surface area contributed by atoms with Gasteiger partial charge in [-0.25, -0.2) is 0 Å². The molecule has 1 aromatic heterocycles. The van der Waals surface area contributed by atoms with Crippen molar-refractivity contribution in [3.05, 3.63) is 30.5 Å². The van der Waals surface area contributed by atoms with Crippen LogP contribution < -0.4 is 11.1 Å². The molecule has 84 valence electrons. The number of benzene rings is 1. The van der Waals surface area contributed by atoms with Crippen molar-refractivity contribution in [2.75, 3.05) is 5.32 Å². The fraction of sp³-hybridized carbons (Fsp3) is 0.250. The second-order valence-corrected chi connectivity index (χ2v) is 3.97. The Morgan fingerprint density at radius 2 is 2.31 bits per heavy atom. The minimum absolute atomic E-state index is 0.0521. The summed E-state index contributed by atoms with van der Waals surface area (Å²) in [4.78, 5) is 14.7. The van der Waals surface area contributed by atoms with E-state index in [0.29, 0.717) is 6.42 Å². The molecule has 0 saturated heterocycles. The second kappa shape index (κ2) is 4.37. The van der Waals surface area contributed by atoms with E-state index in [1.807, 2.05) is 37.4 Å². The summed E-state index contributed by atoms with van der Waals surface area (Å²) in [6, 6.07) is 7.58. The van der Waals surface area contributed by atoms with Gasteiger partial charge in [-0.1, -0.05) is 6.07 Å². The van der Waals surface area contributed by atoms with Crippen LogP contribution in [-0.2, 0) is 4.79 Å². The molecule has 2 rings (SSSR count). The van der Waals surface area contributed by atoms with E-state index >= 15 is 0 Å². The summed E-state index contributed by atoms with van der Waals surface area (Å²) in [7, 11) is 0. The third-order valence-corrected chi connectivity index (χ3v) is 2.38. The zero-order chi connectivity index (χ0) is 11.5. The number of anilines is 1. The van der Waals surface area contributed by atoms with Crippen LogP contribution in [0.25, 0.3) is 10.9 Å². The molecule has 16 heavy (non-hydrogen) atoms. The van der Waals surface area contributed by atoms with Crippen LogP contribution >= 0.6 is 0 Å². The Morgan fingerprint density at radius 3 is 3.06 bits per heavy atom. The Balaban J connectivity index is 2.20. The maximum Gasteiger partial charge on any atom is 0.225 e. The van der Waals surface area contributed by atoms with Crippen molar-refractivity contribution in [2.24, 2.45) is 5.73 Å². The van der Waals surface area contributed by atoms with Crippen molar-refractivity contribution >= 4 is 22.5 Å². The summed E-state index contributed by atoms with van der Waals surface area (Å²) in [5.74, 6) is -0.0521. The lowest BCUT2D eigenvalue weighted by molar-refractivity contribution is -0.116. The molecule has 0 saturated carbocycles. The number of carbonyl (C=O) groups excluding carboxylic acids is 1. The van der Waals surface area contributed by atoms with E-state index in [4.69, 9.17) is 5.73 Å². The van der Waals surface area contributed by atoms with Gasteiger partial charge in [0.15, 0.2) is 0 Å². The van der Waals surface area contributed by atoms with E-state index in [0.717, 1.165) is 16.6 Å². The van der Waals surface area contributed by atoms with Crippen LogP contribution in [0.15, 0.2) is 30.5 Å². The highest BCUT2D eigenvalue weighted by Gasteiger charge is 2.07. The van der Waals surface area contributed by atoms with E-state index in [-0.39, 0.29) is 11.9 Å². The Bertz CT molecular complexity index is 502. The quantitative estimate of drug-likeness (QED) is 0.734. The van der Waals surface area contributed by atoms with Crippen LogP contribution in [0.3, 0.4) is 0 Å². The van der Waals surface area contributed by atoms with Gasteiger partial charge in [-0.2, -0.15) is 0 Å². The summed E-state index contributed by atoms with van der Waals surface area (Å²) >= 11 is 0. The third kappa shape index (κ3) is 2.23. The summed E-state index contributed by atoms with van der Waals surface area (Å²) in [6.07, 6.45) is 2.19. The van der Waals surface area contributed by atoms with Gasteiger partial charge in [0.25, 0.3) is 0 Å². The first-order valence-corrected chi connectivity index (χ1v) is 5.28. The number of rotatable bonds is 3. The minimum atomic E-state index is -0.120. The van der Waals surface area contributed by atoms with Crippen LogP contribution in [0.5, 0.6) is 0 Å². The number of hydrogen-bond acceptors (Lipinski definition) is 2. The molecule has 4 heteroatoms. The number of aromatic amines is 1. The lowest BCUT2D eigenvalue weighted by Crippen LogP contribution is -2.24. The molecule has 1 amide bonds. The molecular weight excluding hydrogens is 202 g/mol. The van der Waals surface area contributed by atoms with E-state index in [1.54, 1.807) is 0 Å². The average Bonchev–Trinajstić information content (AvgIpc) is 2.65. The van der Waals surface area contributed by atoms with Crippen molar-refractivity contribution in [1.29, 1.82) is 0 Å². The van der Waals surface area contributed by atoms with Crippen LogP contribution in [0.1, 0.15) is 13.3 Å². The van der Waals surface area contributed by atoms with Gasteiger partial charge in [0.05, 0.1) is 5.69 Å². The molecular formula is C12H15N3O. The standard InChI is InChI=1S/C12H15N3O/c1-8(13)7-12(16)15-11-4-2-3-10-9(11)5-6-14-10/h2-6,8,14H,7,13H2,1H3,(H,15,16). The van der Waals surface area contributed by atoms with Gasteiger partial charge in [0.2, 0.25) is 5.91 Å². The highest BCUT2D eigenvalue weighted by atomic mass is 16.1. The Hall–Kier alpha value is -1.81. The molecule has 0 aliphatic carbocycles. The first kappa shape index (κ1) is 10.7. The number of amides is 1. The van der Waals surface area contributed by atoms with Gasteiger partial charge in [-0.05, 0) is 25.1 Å². The normalized spacial score (nSPS) is 12.6. The first-order chi connectivity index (χ1) is 7.66. The summed E-state index contributed by atoms with van der Waals surface area (Å²) in [6.45, 7) is 1.82. The number of aromatic nitrogens is 1. The summed E-state index contributed by atoms with van der Waals surface area (Å²) in [5.41, 5.74) is 7.41. The predicted molar refractivity (Wildman–Crippen MR) is 65.2 cm³/mol. The molecule has 0 radical (unpaired) electrons. The number of carbonyl (C=O) groups is 1. The number of hydrogen-bond donors (Lipinski definition) is 3. The molecule has 0 aliphatic heterocycles. The van der Waals surface area contributed by atoms with E-state index in [9.17, 15) is 4.79 Å². The lowest BCUT2D eigenvalue weighted by Gasteiger charge is -2.08. The van der Waals surface area contributed by atoms with Gasteiger partial charge in [0, 0.05) is 29.6 Å². The minimum Gasteiger partial charge on any atom is -0.361 e. The van der Waals surface area contributed by atoms with E-state index in [2.05, 4.69) is 10.3 Å². The number of nitrogens with two attached hydrogens (primary N) is 1. The fourth-order valence-electron chi connectivity index (χ4n) is 1.69. The van der Waals surface area contributed by atoms with E-state index < -0.39 is 0 Å². The van der Waals surface area contributed by atoms with Crippen LogP contribution in [0.4, 0.5) is 5.69 Å². The Kier molecular flexibility index (Phi) is 2.92. The van der Waals surface area contributed by atoms with Crippen molar-refractivity contribution in [3.63, 3.8) is 0 Å². The molecule has 0 spiro atoms. The van der Waals surface area contributed by atoms with Gasteiger partial charge in [0.1, 0.15) is 0 Å². The number of nitrogens with one attached hydrogen (secondary N) is 2. The van der Waals surface area contributed by atoms with Crippen molar-refractivity contribution in [2.45, 2.75) is 19.4 Å². The molecule has 1 heterocycles. The third-order valence-electron chi connectivity index (χ3n) is 2.38. The van der Waals surface area contributed by atoms with Crippen LogP contribution in [0, 0.1) is 0 Å². The van der Waals surface area contributed by atoms with Crippen molar-refractivity contribution < 1.29 is 4.79 Å². The SMILES string of the molecule is CC(N)CC(=O)Nc1cccc2[nH]ccc12. The maximum atomic E-state index is 11.6. The largest absolute Gasteiger partial charge is 0.361 e. The van der Waals surface area contributed by atoms with Crippen LogP contribution in [-0.4, -0.2) is 16.9 Å². The molecule has 2 aromatic rings. The number of H-pyrrole nitrogens is 1. The maximum absolute atomic E-state index is 11.6. The predicted octanol–water partition coefficient (Wildman–Crippen LogP) is 1.84. The highest BCUT2D eigenvalue weighted by molar-refractivity contribution is 6.01. The van der Waals surface area contributed by atoms with Crippen LogP contribution in [0.2, 0.25) is 0 Å². The molecule has 0 fully saturated rings. The summed E-state index contributed by atoms with van der Waals surface area (Å²) in [5, 5.41) is 3.88. The number of fused-ring (bicyclic) bond motifs is 1. The van der Waals surface area contributed by atoms with Gasteiger partial charge in [-0.15, -0.1) is 0 Å². The molecule has 4 nitrogen and oxygen atoms in total. The van der Waals surface area contributed by atoms with Gasteiger partial charge < -0.3 is 16.0 Å². The van der Waals surface area contributed by atoms with Crippen molar-refractivity contribution in [1.82, 2.24) is 4.98 Å². The molecule has 0 bridgehead atoms. The molecule has 1 unspecified atom stereocenters. The van der Waals surface area contributed by atoms with Gasteiger partial charge >= 0.3 is 0 Å². The second-order valence-electron chi connectivity index (χ2n) is 3.97. The van der Waals surface area contributed by atoms with E-state index in [1.165, 1.54) is 0 Å². The average molecular weight is 217 g/mol. The monoisotopic (exact) mass is 217 g/mol. The highest BCUT2D eigenvalue weighted by Crippen LogP contribution is 2.22. The molecule has 1 atom stereocenters. The lowest BCUT2D eigenvalue weighted by atomic mass is 10.2. The Labute approximate surface area is 93.8 Å². The molecule has 1 aromatic carbocycles. The van der Waals surface area contributed by atoms with Gasteiger partial charge in [-0.3, -0.25) is 4.79 Å². The smallest absolute Gasteiger partial charge is 0.225 e.